The summed E-state index contributed by atoms with van der Waals surface area (Å²) in [5, 5.41) is 18.6. The minimum Gasteiger partial charge on any atom is -0.496 e. The molecule has 2 saturated carbocycles. The number of carbonyl (C=O) groups excluding carboxylic acids is 3. The van der Waals surface area contributed by atoms with E-state index in [1.54, 1.807) is 6.07 Å². The zero-order valence-corrected chi connectivity index (χ0v) is 31.7. The predicted octanol–water partition coefficient (Wildman–Crippen LogP) is 8.04. The van der Waals surface area contributed by atoms with Crippen molar-refractivity contribution < 1.29 is 28.6 Å². The van der Waals surface area contributed by atoms with Gasteiger partial charge in [0.15, 0.2) is 0 Å². The van der Waals surface area contributed by atoms with Crippen LogP contribution in [-0.2, 0) is 20.9 Å². The molecular weight excluding hydrogens is 666 g/mol. The zero-order valence-electron chi connectivity index (χ0n) is 31.7. The van der Waals surface area contributed by atoms with Crippen LogP contribution in [0.5, 0.6) is 11.5 Å². The molecule has 0 aromatic heterocycles. The Morgan fingerprint density at radius 1 is 0.962 bits per heavy atom. The monoisotopic (exact) mass is 719 g/mol. The lowest BCUT2D eigenvalue weighted by Crippen LogP contribution is -2.55. The van der Waals surface area contributed by atoms with Gasteiger partial charge in [-0.05, 0) is 91.5 Å². The second-order valence-electron chi connectivity index (χ2n) is 16.0. The quantitative estimate of drug-likeness (QED) is 0.143. The summed E-state index contributed by atoms with van der Waals surface area (Å²) >= 11 is 0. The number of nitriles is 1. The van der Waals surface area contributed by atoms with Crippen molar-refractivity contribution >= 4 is 28.6 Å². The van der Waals surface area contributed by atoms with Gasteiger partial charge in [-0.15, -0.1) is 0 Å². The second kappa shape index (κ2) is 16.0. The van der Waals surface area contributed by atoms with Crippen LogP contribution in [0.4, 0.5) is 0 Å². The van der Waals surface area contributed by atoms with E-state index in [-0.39, 0.29) is 64.5 Å². The second-order valence-corrected chi connectivity index (χ2v) is 16.0. The Labute approximate surface area is 313 Å². The third-order valence-electron chi connectivity index (χ3n) is 12.1. The van der Waals surface area contributed by atoms with Crippen molar-refractivity contribution in [2.24, 2.45) is 28.6 Å². The Morgan fingerprint density at radius 3 is 2.38 bits per heavy atom. The van der Waals surface area contributed by atoms with Crippen LogP contribution in [0.25, 0.3) is 10.8 Å². The highest BCUT2D eigenvalue weighted by molar-refractivity contribution is 5.98. The summed E-state index contributed by atoms with van der Waals surface area (Å²) in [6, 6.07) is 18.9. The van der Waals surface area contributed by atoms with Gasteiger partial charge < -0.3 is 24.8 Å². The molecule has 3 aromatic carbocycles. The number of nitrogens with zero attached hydrogens (tertiary/aromatic N) is 1. The third-order valence-corrected chi connectivity index (χ3v) is 12.1. The van der Waals surface area contributed by atoms with E-state index in [0.717, 1.165) is 35.6 Å². The molecule has 3 aliphatic rings. The average Bonchev–Trinajstić information content (AvgIpc) is 3.16. The summed E-state index contributed by atoms with van der Waals surface area (Å²) in [4.78, 5) is 41.2. The molecule has 3 aliphatic carbocycles. The van der Waals surface area contributed by atoms with Crippen molar-refractivity contribution in [1.29, 1.82) is 5.26 Å². The van der Waals surface area contributed by atoms with Gasteiger partial charge in [-0.2, -0.15) is 5.26 Å². The number of hydrogen-bond donors (Lipinski definition) is 2. The minimum absolute atomic E-state index is 0.0273. The lowest BCUT2D eigenvalue weighted by Gasteiger charge is -2.41. The first-order chi connectivity index (χ1) is 25.5. The van der Waals surface area contributed by atoms with Gasteiger partial charge in [0.2, 0.25) is 5.91 Å². The van der Waals surface area contributed by atoms with Crippen molar-refractivity contribution in [2.45, 2.75) is 97.8 Å². The molecule has 2 amide bonds. The fourth-order valence-electron chi connectivity index (χ4n) is 8.30. The van der Waals surface area contributed by atoms with E-state index in [1.165, 1.54) is 19.6 Å². The van der Waals surface area contributed by atoms with E-state index in [9.17, 15) is 19.6 Å². The van der Waals surface area contributed by atoms with Gasteiger partial charge in [0.25, 0.3) is 5.91 Å². The van der Waals surface area contributed by atoms with Crippen LogP contribution in [0.1, 0.15) is 101 Å². The van der Waals surface area contributed by atoms with Crippen molar-refractivity contribution in [1.82, 2.24) is 10.6 Å². The molecule has 2 N–H and O–H groups in total. The Morgan fingerprint density at radius 2 is 1.70 bits per heavy atom. The Kier molecular flexibility index (Phi) is 11.5. The molecule has 0 aliphatic heterocycles. The molecule has 0 heterocycles. The predicted molar refractivity (Wildman–Crippen MR) is 204 cm³/mol. The highest BCUT2D eigenvalue weighted by Gasteiger charge is 2.42. The first kappa shape index (κ1) is 37.9. The molecule has 0 unspecified atom stereocenters. The third kappa shape index (κ3) is 8.22. The molecule has 280 valence electrons. The first-order valence-corrected chi connectivity index (χ1v) is 19.2. The summed E-state index contributed by atoms with van der Waals surface area (Å²) in [7, 11) is 1.46. The van der Waals surface area contributed by atoms with E-state index in [4.69, 9.17) is 14.2 Å². The number of nitrogens with one attached hydrogen (secondary N) is 2. The number of rotatable bonds is 12. The van der Waals surface area contributed by atoms with Crippen molar-refractivity contribution in [3.05, 3.63) is 83.4 Å². The number of ether oxygens (including phenoxy) is 3. The lowest BCUT2D eigenvalue weighted by atomic mass is 9.70. The molecule has 53 heavy (non-hydrogen) atoms. The van der Waals surface area contributed by atoms with Gasteiger partial charge in [0, 0.05) is 18.7 Å². The highest BCUT2D eigenvalue weighted by Crippen LogP contribution is 2.41. The van der Waals surface area contributed by atoms with Crippen LogP contribution >= 0.6 is 0 Å². The SMILES string of the molecule is CC[C@H]1C=C[C@@H](C)[C@H](C(=O)NCC2(C)CCC2)[C@@H]1NC(=O)c1cc(OC2CCC(C)(C(=O)OCc3cccc4ccccc34)CC2)c(C#N)cc1OC. The van der Waals surface area contributed by atoms with E-state index in [1.807, 2.05) is 56.3 Å². The van der Waals surface area contributed by atoms with Crippen LogP contribution in [-0.4, -0.2) is 43.6 Å². The summed E-state index contributed by atoms with van der Waals surface area (Å²) in [6.45, 7) is 9.07. The summed E-state index contributed by atoms with van der Waals surface area (Å²) < 4.78 is 17.9. The average molecular weight is 720 g/mol. The highest BCUT2D eigenvalue weighted by atomic mass is 16.5. The summed E-state index contributed by atoms with van der Waals surface area (Å²) in [5.41, 5.74) is 0.933. The van der Waals surface area contributed by atoms with Gasteiger partial charge in [-0.3, -0.25) is 14.4 Å². The summed E-state index contributed by atoms with van der Waals surface area (Å²) in [6.07, 6.45) is 10.4. The standard InChI is InChI=1S/C44H53N3O6/c1-6-29-16-15-28(2)38(41(49)46-27-43(3)19-10-20-43)39(29)47-40(48)35-24-36(32(25-45)23-37(35)51-5)53-33-17-21-44(4,22-18-33)42(50)52-26-31-13-9-12-30-11-7-8-14-34(30)31/h7-9,11-16,23-24,28-29,33,38-39H,6,10,17-22,26-27H2,1-5H3,(H,46,49)(H,47,48)/t28-,29+,33?,38+,39-,44?/m1/s1. The molecule has 6 rings (SSSR count). The number of hydrogen-bond acceptors (Lipinski definition) is 7. The van der Waals surface area contributed by atoms with Crippen molar-refractivity contribution in [3.8, 4) is 17.6 Å². The van der Waals surface area contributed by atoms with Crippen LogP contribution in [0, 0.1) is 39.9 Å². The van der Waals surface area contributed by atoms with E-state index in [2.05, 4.69) is 42.7 Å². The molecule has 0 saturated heterocycles. The van der Waals surface area contributed by atoms with Gasteiger partial charge in [0.1, 0.15) is 24.2 Å². The van der Waals surface area contributed by atoms with Gasteiger partial charge in [-0.1, -0.05) is 81.8 Å². The fraction of sp³-hybridized carbons (Fsp3) is 0.500. The fourth-order valence-corrected chi connectivity index (χ4v) is 8.30. The molecule has 0 bridgehead atoms. The molecule has 0 radical (unpaired) electrons. The van der Waals surface area contributed by atoms with Crippen LogP contribution in [0.2, 0.25) is 0 Å². The summed E-state index contributed by atoms with van der Waals surface area (Å²) in [5.74, 6) is -0.653. The van der Waals surface area contributed by atoms with Crippen molar-refractivity contribution in [3.63, 3.8) is 0 Å². The largest absolute Gasteiger partial charge is 0.496 e. The maximum Gasteiger partial charge on any atom is 0.312 e. The lowest BCUT2D eigenvalue weighted by molar-refractivity contribution is -0.159. The Bertz CT molecular complexity index is 1900. The number of carbonyl (C=O) groups is 3. The van der Waals surface area contributed by atoms with Crippen LogP contribution < -0.4 is 20.1 Å². The first-order valence-electron chi connectivity index (χ1n) is 19.2. The molecule has 2 fully saturated rings. The number of benzene rings is 3. The maximum atomic E-state index is 14.1. The smallest absolute Gasteiger partial charge is 0.312 e. The van der Waals surface area contributed by atoms with Gasteiger partial charge in [0.05, 0.1) is 35.7 Å². The number of esters is 1. The van der Waals surface area contributed by atoms with E-state index >= 15 is 0 Å². The number of methoxy groups -OCH3 is 1. The van der Waals surface area contributed by atoms with Gasteiger partial charge >= 0.3 is 5.97 Å². The number of amides is 2. The molecule has 3 aromatic rings. The number of fused-ring (bicyclic) bond motifs is 1. The Balaban J connectivity index is 1.13. The van der Waals surface area contributed by atoms with E-state index < -0.39 is 23.3 Å². The van der Waals surface area contributed by atoms with Crippen LogP contribution in [0.3, 0.4) is 0 Å². The Hall–Kier alpha value is -4.84. The van der Waals surface area contributed by atoms with Gasteiger partial charge in [-0.25, -0.2) is 0 Å². The van der Waals surface area contributed by atoms with E-state index in [0.29, 0.717) is 32.2 Å². The normalized spacial score (nSPS) is 26.1. The maximum absolute atomic E-state index is 14.1. The van der Waals surface area contributed by atoms with Crippen molar-refractivity contribution in [2.75, 3.05) is 13.7 Å². The molecule has 9 heteroatoms. The molecule has 4 atom stereocenters. The zero-order chi connectivity index (χ0) is 37.8. The van der Waals surface area contributed by atoms with Crippen LogP contribution in [0.15, 0.2) is 66.7 Å². The molecule has 0 spiro atoms. The topological polar surface area (TPSA) is 127 Å². The minimum atomic E-state index is -0.659. The molecule has 9 nitrogen and oxygen atoms in total. The number of allylic oxidation sites excluding steroid dienone is 1. The molecular formula is C44H53N3O6.